The van der Waals surface area contributed by atoms with Gasteiger partial charge in [0.2, 0.25) is 5.91 Å². The van der Waals surface area contributed by atoms with E-state index in [0.717, 1.165) is 17.0 Å². The third-order valence-electron chi connectivity index (χ3n) is 2.93. The summed E-state index contributed by atoms with van der Waals surface area (Å²) in [6.07, 6.45) is 4.67. The van der Waals surface area contributed by atoms with E-state index in [2.05, 4.69) is 19.2 Å². The second kappa shape index (κ2) is 8.86. The number of nitrogen functional groups attached to an aromatic ring is 1. The molecule has 1 rings (SSSR count). The van der Waals surface area contributed by atoms with Gasteiger partial charge in [0.05, 0.1) is 5.75 Å². The Morgan fingerprint density at radius 1 is 1.37 bits per heavy atom. The van der Waals surface area contributed by atoms with Crippen LogP contribution in [0.3, 0.4) is 0 Å². The van der Waals surface area contributed by atoms with Crippen molar-refractivity contribution < 1.29 is 4.79 Å². The fourth-order valence-electron chi connectivity index (χ4n) is 1.84. The lowest BCUT2D eigenvalue weighted by Gasteiger charge is -2.13. The SMILES string of the molecule is CCCCCC(C)NC(=O)CSc1ccccc1N. The number of carbonyl (C=O) groups is 1. The molecule has 0 bridgehead atoms. The summed E-state index contributed by atoms with van der Waals surface area (Å²) in [4.78, 5) is 12.8. The maximum atomic E-state index is 11.8. The van der Waals surface area contributed by atoms with Gasteiger partial charge in [-0.3, -0.25) is 4.79 Å². The molecule has 0 heterocycles. The van der Waals surface area contributed by atoms with Gasteiger partial charge in [-0.2, -0.15) is 0 Å². The van der Waals surface area contributed by atoms with E-state index < -0.39 is 0 Å². The highest BCUT2D eigenvalue weighted by molar-refractivity contribution is 8.00. The van der Waals surface area contributed by atoms with Crippen molar-refractivity contribution in [3.63, 3.8) is 0 Å². The average Bonchev–Trinajstić information content (AvgIpc) is 2.38. The van der Waals surface area contributed by atoms with Crippen LogP contribution in [0.2, 0.25) is 0 Å². The Morgan fingerprint density at radius 3 is 2.79 bits per heavy atom. The highest BCUT2D eigenvalue weighted by Crippen LogP contribution is 2.23. The Kier molecular flexibility index (Phi) is 7.41. The minimum Gasteiger partial charge on any atom is -0.398 e. The molecule has 106 valence electrons. The number of rotatable bonds is 8. The average molecular weight is 280 g/mol. The molecule has 0 radical (unpaired) electrons. The summed E-state index contributed by atoms with van der Waals surface area (Å²) in [6, 6.07) is 7.89. The Bertz CT molecular complexity index is 395. The summed E-state index contributed by atoms with van der Waals surface area (Å²) in [5.41, 5.74) is 6.57. The van der Waals surface area contributed by atoms with E-state index in [1.165, 1.54) is 31.0 Å². The van der Waals surface area contributed by atoms with Crippen molar-refractivity contribution >= 4 is 23.4 Å². The summed E-state index contributed by atoms with van der Waals surface area (Å²) in [6.45, 7) is 4.25. The molecule has 0 aliphatic heterocycles. The van der Waals surface area contributed by atoms with Crippen molar-refractivity contribution in [2.45, 2.75) is 50.5 Å². The molecule has 1 aromatic rings. The molecule has 3 nitrogen and oxygen atoms in total. The first-order chi connectivity index (χ1) is 9.13. The fraction of sp³-hybridized carbons (Fsp3) is 0.533. The molecule has 0 aromatic heterocycles. The van der Waals surface area contributed by atoms with Gasteiger partial charge < -0.3 is 11.1 Å². The van der Waals surface area contributed by atoms with Crippen molar-refractivity contribution in [2.24, 2.45) is 0 Å². The standard InChI is InChI=1S/C15H24N2OS/c1-3-4-5-8-12(2)17-15(18)11-19-14-10-7-6-9-13(14)16/h6-7,9-10,12H,3-5,8,11,16H2,1-2H3,(H,17,18). The summed E-state index contributed by atoms with van der Waals surface area (Å²) in [5, 5.41) is 3.03. The Balaban J connectivity index is 2.26. The first-order valence-electron chi connectivity index (χ1n) is 6.90. The number of unbranched alkanes of at least 4 members (excludes halogenated alkanes) is 2. The maximum Gasteiger partial charge on any atom is 0.230 e. The highest BCUT2D eigenvalue weighted by atomic mass is 32.2. The maximum absolute atomic E-state index is 11.8. The summed E-state index contributed by atoms with van der Waals surface area (Å²) < 4.78 is 0. The third-order valence-corrected chi connectivity index (χ3v) is 4.02. The van der Waals surface area contributed by atoms with E-state index in [1.807, 2.05) is 24.3 Å². The van der Waals surface area contributed by atoms with Crippen LogP contribution in [0.15, 0.2) is 29.2 Å². The van der Waals surface area contributed by atoms with E-state index in [-0.39, 0.29) is 11.9 Å². The molecule has 0 saturated carbocycles. The first-order valence-corrected chi connectivity index (χ1v) is 7.88. The van der Waals surface area contributed by atoms with E-state index in [1.54, 1.807) is 0 Å². The van der Waals surface area contributed by atoms with Crippen LogP contribution in [-0.2, 0) is 4.79 Å². The smallest absolute Gasteiger partial charge is 0.230 e. The minimum atomic E-state index is 0.0808. The Hall–Kier alpha value is -1.16. The molecule has 4 heteroatoms. The third kappa shape index (κ3) is 6.53. The molecular formula is C15H24N2OS. The molecule has 0 saturated heterocycles. The Labute approximate surface area is 120 Å². The predicted octanol–water partition coefficient (Wildman–Crippen LogP) is 3.45. The number of thioether (sulfide) groups is 1. The number of anilines is 1. The van der Waals surface area contributed by atoms with Crippen LogP contribution < -0.4 is 11.1 Å². The van der Waals surface area contributed by atoms with Crippen LogP contribution >= 0.6 is 11.8 Å². The summed E-state index contributed by atoms with van der Waals surface area (Å²) >= 11 is 1.49. The lowest BCUT2D eigenvalue weighted by atomic mass is 10.1. The van der Waals surface area contributed by atoms with Gasteiger partial charge in [0.1, 0.15) is 0 Å². The van der Waals surface area contributed by atoms with Gasteiger partial charge >= 0.3 is 0 Å². The van der Waals surface area contributed by atoms with Crippen LogP contribution in [0, 0.1) is 0 Å². The molecule has 3 N–H and O–H groups in total. The molecule has 0 aliphatic rings. The van der Waals surface area contributed by atoms with Gasteiger partial charge in [-0.1, -0.05) is 38.3 Å². The topological polar surface area (TPSA) is 55.1 Å². The molecule has 1 amide bonds. The van der Waals surface area contributed by atoms with Gasteiger partial charge in [-0.25, -0.2) is 0 Å². The molecule has 19 heavy (non-hydrogen) atoms. The zero-order valence-corrected chi connectivity index (χ0v) is 12.6. The molecular weight excluding hydrogens is 256 g/mol. The first kappa shape index (κ1) is 15.9. The number of hydrogen-bond acceptors (Lipinski definition) is 3. The highest BCUT2D eigenvalue weighted by Gasteiger charge is 2.08. The monoisotopic (exact) mass is 280 g/mol. The zero-order valence-electron chi connectivity index (χ0n) is 11.8. The second-order valence-electron chi connectivity index (χ2n) is 4.79. The number of hydrogen-bond donors (Lipinski definition) is 2. The van der Waals surface area contributed by atoms with Crippen LogP contribution in [-0.4, -0.2) is 17.7 Å². The number of para-hydroxylation sites is 1. The molecule has 0 aliphatic carbocycles. The Morgan fingerprint density at radius 2 is 2.11 bits per heavy atom. The van der Waals surface area contributed by atoms with Crippen LogP contribution in [0.4, 0.5) is 5.69 Å². The molecule has 0 fully saturated rings. The number of nitrogens with two attached hydrogens (primary N) is 1. The molecule has 1 aromatic carbocycles. The second-order valence-corrected chi connectivity index (χ2v) is 5.81. The van der Waals surface area contributed by atoms with Gasteiger partial charge in [-0.05, 0) is 25.5 Å². The summed E-state index contributed by atoms with van der Waals surface area (Å²) in [7, 11) is 0. The fourth-order valence-corrected chi connectivity index (χ4v) is 2.62. The number of carbonyl (C=O) groups excluding carboxylic acids is 1. The normalized spacial score (nSPS) is 12.1. The van der Waals surface area contributed by atoms with E-state index in [9.17, 15) is 4.79 Å². The lowest BCUT2D eigenvalue weighted by molar-refractivity contribution is -0.119. The van der Waals surface area contributed by atoms with Crippen LogP contribution in [0.25, 0.3) is 0 Å². The summed E-state index contributed by atoms with van der Waals surface area (Å²) in [5.74, 6) is 0.504. The van der Waals surface area contributed by atoms with Gasteiger partial charge in [0.25, 0.3) is 0 Å². The van der Waals surface area contributed by atoms with E-state index >= 15 is 0 Å². The lowest BCUT2D eigenvalue weighted by Crippen LogP contribution is -2.33. The van der Waals surface area contributed by atoms with Crippen LogP contribution in [0.1, 0.15) is 39.5 Å². The van der Waals surface area contributed by atoms with Crippen molar-refractivity contribution in [2.75, 3.05) is 11.5 Å². The number of amides is 1. The minimum absolute atomic E-state index is 0.0808. The molecule has 0 spiro atoms. The molecule has 1 atom stereocenters. The van der Waals surface area contributed by atoms with E-state index in [4.69, 9.17) is 5.73 Å². The largest absolute Gasteiger partial charge is 0.398 e. The van der Waals surface area contributed by atoms with Crippen molar-refractivity contribution in [3.8, 4) is 0 Å². The van der Waals surface area contributed by atoms with Gasteiger partial charge in [0.15, 0.2) is 0 Å². The number of nitrogens with one attached hydrogen (secondary N) is 1. The van der Waals surface area contributed by atoms with E-state index in [0.29, 0.717) is 5.75 Å². The number of benzene rings is 1. The van der Waals surface area contributed by atoms with Gasteiger partial charge in [-0.15, -0.1) is 11.8 Å². The van der Waals surface area contributed by atoms with Crippen molar-refractivity contribution in [1.29, 1.82) is 0 Å². The van der Waals surface area contributed by atoms with Crippen molar-refractivity contribution in [3.05, 3.63) is 24.3 Å². The zero-order chi connectivity index (χ0) is 14.1. The van der Waals surface area contributed by atoms with Crippen LogP contribution in [0.5, 0.6) is 0 Å². The predicted molar refractivity (Wildman–Crippen MR) is 83.3 cm³/mol. The molecule has 1 unspecified atom stereocenters. The van der Waals surface area contributed by atoms with Crippen molar-refractivity contribution in [1.82, 2.24) is 5.32 Å². The van der Waals surface area contributed by atoms with Gasteiger partial charge in [0, 0.05) is 16.6 Å². The quantitative estimate of drug-likeness (QED) is 0.436.